The van der Waals surface area contributed by atoms with E-state index in [9.17, 15) is 0 Å². The lowest BCUT2D eigenvalue weighted by molar-refractivity contribution is 0.541. The number of nitrogens with zero attached hydrogens (tertiary/aromatic N) is 1. The summed E-state index contributed by atoms with van der Waals surface area (Å²) in [6.07, 6.45) is 3.60. The Labute approximate surface area is 86.9 Å². The van der Waals surface area contributed by atoms with Crippen LogP contribution in [-0.4, -0.2) is 17.6 Å². The average molecular weight is 241 g/mol. The second-order valence-electron chi connectivity index (χ2n) is 3.66. The van der Waals surface area contributed by atoms with E-state index >= 15 is 0 Å². The van der Waals surface area contributed by atoms with Gasteiger partial charge in [0.15, 0.2) is 0 Å². The molecule has 2 rings (SSSR count). The molecule has 0 unspecified atom stereocenters. The van der Waals surface area contributed by atoms with Crippen LogP contribution in [0.3, 0.4) is 0 Å². The van der Waals surface area contributed by atoms with Crippen molar-refractivity contribution in [3.63, 3.8) is 0 Å². The molecule has 2 nitrogen and oxygen atoms in total. The van der Waals surface area contributed by atoms with E-state index in [4.69, 9.17) is 0 Å². The van der Waals surface area contributed by atoms with Gasteiger partial charge in [-0.2, -0.15) is 0 Å². The normalized spacial score (nSPS) is 18.6. The maximum absolute atomic E-state index is 4.42. The lowest BCUT2D eigenvalue weighted by Crippen LogP contribution is -2.29. The van der Waals surface area contributed by atoms with E-state index < -0.39 is 0 Å². The number of hydrogen-bond donors (Lipinski definition) is 1. The molecule has 1 aromatic heterocycles. The van der Waals surface area contributed by atoms with Gasteiger partial charge in [0.2, 0.25) is 0 Å². The van der Waals surface area contributed by atoms with Gasteiger partial charge in [-0.25, -0.2) is 4.98 Å². The molecule has 0 aromatic carbocycles. The van der Waals surface area contributed by atoms with Crippen molar-refractivity contribution in [1.82, 2.24) is 10.3 Å². The monoisotopic (exact) mass is 240 g/mol. The molecule has 0 saturated heterocycles. The maximum Gasteiger partial charge on any atom is 0.106 e. The van der Waals surface area contributed by atoms with Crippen LogP contribution in [0.15, 0.2) is 22.8 Å². The Morgan fingerprint density at radius 2 is 2.31 bits per heavy atom. The molecule has 0 aliphatic heterocycles. The van der Waals surface area contributed by atoms with Gasteiger partial charge in [-0.15, -0.1) is 0 Å². The van der Waals surface area contributed by atoms with E-state index in [0.717, 1.165) is 11.0 Å². The number of nitrogens with one attached hydrogen (secondary N) is 1. The minimum Gasteiger partial charge on any atom is -0.314 e. The van der Waals surface area contributed by atoms with Crippen molar-refractivity contribution < 1.29 is 0 Å². The summed E-state index contributed by atoms with van der Waals surface area (Å²) in [6.45, 7) is 0. The minimum absolute atomic E-state index is 0.355. The Morgan fingerprint density at radius 3 is 2.85 bits per heavy atom. The largest absolute Gasteiger partial charge is 0.314 e. The van der Waals surface area contributed by atoms with Gasteiger partial charge >= 0.3 is 0 Å². The first kappa shape index (κ1) is 9.16. The number of halogens is 1. The van der Waals surface area contributed by atoms with Crippen molar-refractivity contribution in [2.75, 3.05) is 7.05 Å². The van der Waals surface area contributed by atoms with Crippen molar-refractivity contribution in [2.45, 2.75) is 24.8 Å². The summed E-state index contributed by atoms with van der Waals surface area (Å²) in [5.74, 6) is 0. The van der Waals surface area contributed by atoms with Crippen LogP contribution in [-0.2, 0) is 6.42 Å². The maximum atomic E-state index is 4.42. The summed E-state index contributed by atoms with van der Waals surface area (Å²) in [6, 6.07) is 6.09. The third kappa shape index (κ3) is 2.09. The SMILES string of the molecule is CNC1(Cc2cccc(Br)n2)CC1. The summed E-state index contributed by atoms with van der Waals surface area (Å²) in [5, 5.41) is 3.37. The van der Waals surface area contributed by atoms with E-state index in [-0.39, 0.29) is 0 Å². The van der Waals surface area contributed by atoms with Gasteiger partial charge in [0.05, 0.1) is 0 Å². The molecular weight excluding hydrogens is 228 g/mol. The molecule has 3 heteroatoms. The summed E-state index contributed by atoms with van der Waals surface area (Å²) in [7, 11) is 2.03. The summed E-state index contributed by atoms with van der Waals surface area (Å²) in [4.78, 5) is 4.42. The van der Waals surface area contributed by atoms with Crippen LogP contribution in [0.5, 0.6) is 0 Å². The fourth-order valence-corrected chi connectivity index (χ4v) is 1.94. The van der Waals surface area contributed by atoms with E-state index in [1.165, 1.54) is 18.5 Å². The first-order valence-corrected chi connectivity index (χ1v) is 5.34. The molecule has 0 bridgehead atoms. The summed E-state index contributed by atoms with van der Waals surface area (Å²) in [5.41, 5.74) is 1.52. The Morgan fingerprint density at radius 1 is 1.54 bits per heavy atom. The number of aromatic nitrogens is 1. The molecule has 0 radical (unpaired) electrons. The summed E-state index contributed by atoms with van der Waals surface area (Å²) < 4.78 is 0.928. The average Bonchev–Trinajstić information content (AvgIpc) is 2.86. The van der Waals surface area contributed by atoms with Gasteiger partial charge in [0.25, 0.3) is 0 Å². The highest BCUT2D eigenvalue weighted by Gasteiger charge is 2.41. The minimum atomic E-state index is 0.355. The van der Waals surface area contributed by atoms with E-state index in [1.54, 1.807) is 0 Å². The molecule has 0 amide bonds. The van der Waals surface area contributed by atoms with Crippen LogP contribution in [0.25, 0.3) is 0 Å². The molecule has 13 heavy (non-hydrogen) atoms. The van der Waals surface area contributed by atoms with Crippen molar-refractivity contribution in [2.24, 2.45) is 0 Å². The molecular formula is C10H13BrN2. The van der Waals surface area contributed by atoms with Gasteiger partial charge in [-0.1, -0.05) is 6.07 Å². The molecule has 1 saturated carbocycles. The molecule has 70 valence electrons. The van der Waals surface area contributed by atoms with Gasteiger partial charge in [-0.05, 0) is 48.0 Å². The van der Waals surface area contributed by atoms with E-state index in [0.29, 0.717) is 5.54 Å². The van der Waals surface area contributed by atoms with Crippen LogP contribution in [0.1, 0.15) is 18.5 Å². The van der Waals surface area contributed by atoms with Crippen molar-refractivity contribution in [3.8, 4) is 0 Å². The quantitative estimate of drug-likeness (QED) is 0.820. The smallest absolute Gasteiger partial charge is 0.106 e. The lowest BCUT2D eigenvalue weighted by Gasteiger charge is -2.12. The zero-order chi connectivity index (χ0) is 9.31. The van der Waals surface area contributed by atoms with Gasteiger partial charge in [0, 0.05) is 17.7 Å². The third-order valence-electron chi connectivity index (χ3n) is 2.68. The highest BCUT2D eigenvalue weighted by Crippen LogP contribution is 2.37. The van der Waals surface area contributed by atoms with Crippen molar-refractivity contribution in [3.05, 3.63) is 28.5 Å². The third-order valence-corrected chi connectivity index (χ3v) is 3.12. The van der Waals surface area contributed by atoms with Crippen LogP contribution >= 0.6 is 15.9 Å². The van der Waals surface area contributed by atoms with Crippen molar-refractivity contribution >= 4 is 15.9 Å². The Balaban J connectivity index is 2.09. The number of likely N-dealkylation sites (N-methyl/N-ethyl adjacent to an activating group) is 1. The Kier molecular flexibility index (Phi) is 2.39. The molecule has 1 N–H and O–H groups in total. The lowest BCUT2D eigenvalue weighted by atomic mass is 10.1. The first-order valence-electron chi connectivity index (χ1n) is 4.54. The molecule has 1 aromatic rings. The Hall–Kier alpha value is -0.410. The predicted octanol–water partition coefficient (Wildman–Crippen LogP) is 2.14. The second kappa shape index (κ2) is 3.39. The van der Waals surface area contributed by atoms with Gasteiger partial charge in [-0.3, -0.25) is 0 Å². The Bertz CT molecular complexity index is 308. The first-order chi connectivity index (χ1) is 6.24. The molecule has 1 aliphatic rings. The zero-order valence-corrected chi connectivity index (χ0v) is 9.26. The van der Waals surface area contributed by atoms with Crippen molar-refractivity contribution in [1.29, 1.82) is 0 Å². The fourth-order valence-electron chi connectivity index (χ4n) is 1.56. The van der Waals surface area contributed by atoms with Gasteiger partial charge < -0.3 is 5.32 Å². The van der Waals surface area contributed by atoms with E-state index in [1.807, 2.05) is 19.2 Å². The highest BCUT2D eigenvalue weighted by molar-refractivity contribution is 9.10. The fraction of sp³-hybridized carbons (Fsp3) is 0.500. The predicted molar refractivity (Wildman–Crippen MR) is 56.7 cm³/mol. The van der Waals surface area contributed by atoms with Gasteiger partial charge in [0.1, 0.15) is 4.60 Å². The standard InChI is InChI=1S/C10H13BrN2/c1-12-10(5-6-10)7-8-3-2-4-9(11)13-8/h2-4,12H,5-7H2,1H3. The molecule has 1 heterocycles. The molecule has 1 aliphatic carbocycles. The number of hydrogen-bond acceptors (Lipinski definition) is 2. The molecule has 0 spiro atoms. The summed E-state index contributed by atoms with van der Waals surface area (Å²) >= 11 is 3.38. The molecule has 0 atom stereocenters. The second-order valence-corrected chi connectivity index (χ2v) is 4.47. The number of rotatable bonds is 3. The van der Waals surface area contributed by atoms with Crippen LogP contribution in [0.2, 0.25) is 0 Å². The van der Waals surface area contributed by atoms with Crippen LogP contribution in [0.4, 0.5) is 0 Å². The molecule has 1 fully saturated rings. The highest BCUT2D eigenvalue weighted by atomic mass is 79.9. The zero-order valence-electron chi connectivity index (χ0n) is 7.68. The van der Waals surface area contributed by atoms with E-state index in [2.05, 4.69) is 32.3 Å². The topological polar surface area (TPSA) is 24.9 Å². The van der Waals surface area contributed by atoms with Crippen LogP contribution < -0.4 is 5.32 Å². The number of pyridine rings is 1. The van der Waals surface area contributed by atoms with Crippen LogP contribution in [0, 0.1) is 0 Å².